The number of nitrogens with one attached hydrogen (secondary N) is 2. The van der Waals surface area contributed by atoms with E-state index in [0.29, 0.717) is 17.1 Å². The van der Waals surface area contributed by atoms with Crippen LogP contribution in [0, 0.1) is 6.92 Å². The van der Waals surface area contributed by atoms with Crippen molar-refractivity contribution in [1.29, 1.82) is 0 Å². The minimum Gasteiger partial charge on any atom is -0.326 e. The largest absolute Gasteiger partial charge is 0.326 e. The van der Waals surface area contributed by atoms with Gasteiger partial charge in [0.15, 0.2) is 5.82 Å². The smallest absolute Gasteiger partial charge is 0.258 e. The summed E-state index contributed by atoms with van der Waals surface area (Å²) in [7, 11) is 0. The Balaban J connectivity index is 2.23. The number of hydrogen-bond donors (Lipinski definition) is 2. The molecule has 6 heteroatoms. The summed E-state index contributed by atoms with van der Waals surface area (Å²) in [5.41, 5.74) is 1.85. The Morgan fingerprint density at radius 2 is 1.86 bits per heavy atom. The summed E-state index contributed by atoms with van der Waals surface area (Å²) < 4.78 is 1.84. The van der Waals surface area contributed by atoms with Crippen LogP contribution in [0.4, 0.5) is 11.5 Å². The van der Waals surface area contributed by atoms with Gasteiger partial charge >= 0.3 is 0 Å². The molecule has 1 aromatic carbocycles. The van der Waals surface area contributed by atoms with E-state index >= 15 is 0 Å². The van der Waals surface area contributed by atoms with Gasteiger partial charge in [-0.15, -0.1) is 0 Å². The van der Waals surface area contributed by atoms with Gasteiger partial charge in [0.1, 0.15) is 0 Å². The molecule has 6 nitrogen and oxygen atoms in total. The molecule has 0 radical (unpaired) electrons. The highest BCUT2D eigenvalue weighted by Gasteiger charge is 2.14. The Morgan fingerprint density at radius 1 is 1.18 bits per heavy atom. The third kappa shape index (κ3) is 3.52. The normalized spacial score (nSPS) is 10.6. The summed E-state index contributed by atoms with van der Waals surface area (Å²) in [6, 6.07) is 8.90. The predicted molar refractivity (Wildman–Crippen MR) is 86.0 cm³/mol. The predicted octanol–water partition coefficient (Wildman–Crippen LogP) is 2.98. The molecule has 0 unspecified atom stereocenters. The first-order valence-electron chi connectivity index (χ1n) is 7.12. The maximum Gasteiger partial charge on any atom is 0.258 e. The molecule has 0 bridgehead atoms. The zero-order valence-electron chi connectivity index (χ0n) is 13.2. The molecule has 22 heavy (non-hydrogen) atoms. The minimum atomic E-state index is -0.308. The second kappa shape index (κ2) is 6.43. The topological polar surface area (TPSA) is 76.0 Å². The Bertz CT molecular complexity index is 704. The van der Waals surface area contributed by atoms with Gasteiger partial charge in [0.05, 0.1) is 11.3 Å². The van der Waals surface area contributed by atoms with Crippen molar-refractivity contribution in [1.82, 2.24) is 9.78 Å². The summed E-state index contributed by atoms with van der Waals surface area (Å²) in [5.74, 6) is -0.0354. The number of nitrogens with zero attached hydrogens (tertiary/aromatic N) is 2. The van der Waals surface area contributed by atoms with Crippen molar-refractivity contribution in [3.05, 3.63) is 41.6 Å². The van der Waals surface area contributed by atoms with Crippen LogP contribution in [0.3, 0.4) is 0 Å². The molecule has 2 rings (SSSR count). The Labute approximate surface area is 129 Å². The molecule has 0 aliphatic rings. The Hall–Kier alpha value is -2.63. The molecule has 1 heterocycles. The second-order valence-corrected chi connectivity index (χ2v) is 5.39. The molecule has 0 spiro atoms. The first kappa shape index (κ1) is 15.8. The molecule has 0 saturated carbocycles. The van der Waals surface area contributed by atoms with Crippen LogP contribution in [0.15, 0.2) is 30.3 Å². The van der Waals surface area contributed by atoms with Crippen molar-refractivity contribution in [2.24, 2.45) is 0 Å². The number of rotatable bonds is 4. The molecule has 2 amide bonds. The van der Waals surface area contributed by atoms with Gasteiger partial charge in [0, 0.05) is 24.7 Å². The lowest BCUT2D eigenvalue weighted by Gasteiger charge is -2.09. The van der Waals surface area contributed by atoms with Gasteiger partial charge in [-0.05, 0) is 32.9 Å². The van der Waals surface area contributed by atoms with Crippen molar-refractivity contribution in [2.75, 3.05) is 10.6 Å². The summed E-state index contributed by atoms with van der Waals surface area (Å²) in [4.78, 5) is 23.6. The maximum absolute atomic E-state index is 12.4. The lowest BCUT2D eigenvalue weighted by Crippen LogP contribution is -2.17. The first-order valence-corrected chi connectivity index (χ1v) is 7.12. The molecule has 2 N–H and O–H groups in total. The van der Waals surface area contributed by atoms with E-state index in [9.17, 15) is 9.59 Å². The quantitative estimate of drug-likeness (QED) is 0.911. The summed E-state index contributed by atoms with van der Waals surface area (Å²) >= 11 is 0. The van der Waals surface area contributed by atoms with Crippen LogP contribution in [-0.2, 0) is 4.79 Å². The summed E-state index contributed by atoms with van der Waals surface area (Å²) in [6.07, 6.45) is 0. The Morgan fingerprint density at radius 3 is 2.45 bits per heavy atom. The zero-order valence-corrected chi connectivity index (χ0v) is 13.2. The third-order valence-electron chi connectivity index (χ3n) is 3.14. The van der Waals surface area contributed by atoms with Crippen LogP contribution >= 0.6 is 0 Å². The van der Waals surface area contributed by atoms with Crippen LogP contribution in [-0.4, -0.2) is 21.6 Å². The summed E-state index contributed by atoms with van der Waals surface area (Å²) in [5, 5.41) is 9.78. The fourth-order valence-electron chi connectivity index (χ4n) is 2.24. The van der Waals surface area contributed by atoms with Gasteiger partial charge < -0.3 is 10.6 Å². The molecule has 0 fully saturated rings. The lowest BCUT2D eigenvalue weighted by molar-refractivity contribution is -0.114. The minimum absolute atomic E-state index is 0.220. The standard InChI is InChI=1S/C16H20N4O2/c1-10(2)20-11(3)9-15(19-20)18-16(22)13-7-5-6-8-14(13)17-12(4)21/h5-10H,1-4H3,(H,17,21)(H,18,19,22). The van der Waals surface area contributed by atoms with Crippen LogP contribution < -0.4 is 10.6 Å². The number of carbonyl (C=O) groups is 2. The fourth-order valence-corrected chi connectivity index (χ4v) is 2.24. The fraction of sp³-hybridized carbons (Fsp3) is 0.312. The molecular weight excluding hydrogens is 280 g/mol. The van der Waals surface area contributed by atoms with Crippen molar-refractivity contribution < 1.29 is 9.59 Å². The maximum atomic E-state index is 12.4. The number of carbonyl (C=O) groups excluding carboxylic acids is 2. The number of para-hydroxylation sites is 1. The van der Waals surface area contributed by atoms with E-state index in [1.165, 1.54) is 6.92 Å². The van der Waals surface area contributed by atoms with E-state index in [1.54, 1.807) is 24.3 Å². The van der Waals surface area contributed by atoms with Gasteiger partial charge in [-0.25, -0.2) is 0 Å². The lowest BCUT2D eigenvalue weighted by atomic mass is 10.1. The average Bonchev–Trinajstić information content (AvgIpc) is 2.79. The van der Waals surface area contributed by atoms with Gasteiger partial charge in [0.25, 0.3) is 5.91 Å². The van der Waals surface area contributed by atoms with Gasteiger partial charge in [0.2, 0.25) is 5.91 Å². The van der Waals surface area contributed by atoms with E-state index in [0.717, 1.165) is 5.69 Å². The van der Waals surface area contributed by atoms with Crippen LogP contribution in [0.1, 0.15) is 42.9 Å². The third-order valence-corrected chi connectivity index (χ3v) is 3.14. The molecule has 116 valence electrons. The number of anilines is 2. The highest BCUT2D eigenvalue weighted by atomic mass is 16.2. The van der Waals surface area contributed by atoms with E-state index in [-0.39, 0.29) is 17.9 Å². The molecule has 0 atom stereocenters. The van der Waals surface area contributed by atoms with Gasteiger partial charge in [-0.2, -0.15) is 5.10 Å². The highest BCUT2D eigenvalue weighted by molar-refractivity contribution is 6.09. The molecule has 0 saturated heterocycles. The zero-order chi connectivity index (χ0) is 16.3. The SMILES string of the molecule is CC(=O)Nc1ccccc1C(=O)Nc1cc(C)n(C(C)C)n1. The van der Waals surface area contributed by atoms with Crippen molar-refractivity contribution in [3.8, 4) is 0 Å². The van der Waals surface area contributed by atoms with Gasteiger partial charge in [-0.1, -0.05) is 12.1 Å². The van der Waals surface area contributed by atoms with Crippen molar-refractivity contribution >= 4 is 23.3 Å². The van der Waals surface area contributed by atoms with Crippen LogP contribution in [0.5, 0.6) is 0 Å². The molecular formula is C16H20N4O2. The van der Waals surface area contributed by atoms with Gasteiger partial charge in [-0.3, -0.25) is 14.3 Å². The van der Waals surface area contributed by atoms with E-state index in [1.807, 2.05) is 31.5 Å². The Kier molecular flexibility index (Phi) is 4.60. The van der Waals surface area contributed by atoms with Crippen LogP contribution in [0.25, 0.3) is 0 Å². The average molecular weight is 300 g/mol. The molecule has 0 aliphatic heterocycles. The number of aryl methyl sites for hydroxylation is 1. The first-order chi connectivity index (χ1) is 10.4. The van der Waals surface area contributed by atoms with Crippen molar-refractivity contribution in [3.63, 3.8) is 0 Å². The monoisotopic (exact) mass is 300 g/mol. The van der Waals surface area contributed by atoms with E-state index in [2.05, 4.69) is 15.7 Å². The van der Waals surface area contributed by atoms with Crippen LogP contribution in [0.2, 0.25) is 0 Å². The number of benzene rings is 1. The number of amides is 2. The van der Waals surface area contributed by atoms with E-state index in [4.69, 9.17) is 0 Å². The second-order valence-electron chi connectivity index (χ2n) is 5.39. The number of hydrogen-bond acceptors (Lipinski definition) is 3. The van der Waals surface area contributed by atoms with Crippen molar-refractivity contribution in [2.45, 2.75) is 33.7 Å². The molecule has 1 aromatic heterocycles. The van der Waals surface area contributed by atoms with E-state index < -0.39 is 0 Å². The molecule has 0 aliphatic carbocycles. The summed E-state index contributed by atoms with van der Waals surface area (Å²) in [6.45, 7) is 7.39. The molecule has 2 aromatic rings. The highest BCUT2D eigenvalue weighted by Crippen LogP contribution is 2.18. The number of aromatic nitrogens is 2.